The summed E-state index contributed by atoms with van der Waals surface area (Å²) in [5, 5.41) is 13.3. The summed E-state index contributed by atoms with van der Waals surface area (Å²) in [7, 11) is -4.79. The number of nitrogens with one attached hydrogen (secondary N) is 1. The Kier molecular flexibility index (Phi) is 4.55. The van der Waals surface area contributed by atoms with Gasteiger partial charge >= 0.3 is 0 Å². The van der Waals surface area contributed by atoms with Crippen LogP contribution in [0.4, 0.5) is 5.69 Å². The molecule has 0 aliphatic heterocycles. The maximum atomic E-state index is 12.9. The molecular formula is C18H17NO6S. The number of hydrogen-bond donors (Lipinski definition) is 3. The van der Waals surface area contributed by atoms with Crippen LogP contribution in [0.25, 0.3) is 0 Å². The van der Waals surface area contributed by atoms with Gasteiger partial charge in [0.1, 0.15) is 10.6 Å². The minimum absolute atomic E-state index is 0.0762. The van der Waals surface area contributed by atoms with Crippen molar-refractivity contribution in [3.8, 4) is 5.75 Å². The standard InChI is InChI=1S/C18H17NO6S/c1-2-3-8-19-12-9-13(26(23,24)25)18(22)15-14(12)16(20)10-6-4-5-7-11(10)17(15)21/h4-7,9,19,22H,2-3,8H2,1H3,(H,23,24,25). The predicted molar refractivity (Wildman–Crippen MR) is 94.6 cm³/mol. The Morgan fingerprint density at radius 3 is 2.15 bits per heavy atom. The number of aromatic hydroxyl groups is 1. The molecule has 0 unspecified atom stereocenters. The van der Waals surface area contributed by atoms with Gasteiger partial charge in [-0.05, 0) is 12.5 Å². The number of ketones is 2. The first kappa shape index (κ1) is 18.1. The number of rotatable bonds is 5. The van der Waals surface area contributed by atoms with Crippen LogP contribution in [0, 0.1) is 0 Å². The molecule has 0 atom stereocenters. The number of carbonyl (C=O) groups excluding carboxylic acids is 2. The molecule has 0 fully saturated rings. The molecule has 0 saturated carbocycles. The zero-order valence-corrected chi connectivity index (χ0v) is 14.8. The highest BCUT2D eigenvalue weighted by Crippen LogP contribution is 2.41. The van der Waals surface area contributed by atoms with E-state index < -0.39 is 37.9 Å². The Hall–Kier alpha value is -2.71. The summed E-state index contributed by atoms with van der Waals surface area (Å²) in [6, 6.07) is 7.10. The van der Waals surface area contributed by atoms with Gasteiger partial charge < -0.3 is 10.4 Å². The van der Waals surface area contributed by atoms with Crippen molar-refractivity contribution in [1.29, 1.82) is 0 Å². The van der Waals surface area contributed by atoms with Gasteiger partial charge in [0.2, 0.25) is 0 Å². The van der Waals surface area contributed by atoms with Gasteiger partial charge in [-0.3, -0.25) is 14.1 Å². The fourth-order valence-electron chi connectivity index (χ4n) is 2.99. The van der Waals surface area contributed by atoms with E-state index in [1.54, 1.807) is 12.1 Å². The van der Waals surface area contributed by atoms with Crippen LogP contribution in [0.15, 0.2) is 35.2 Å². The van der Waals surface area contributed by atoms with Gasteiger partial charge in [-0.2, -0.15) is 8.42 Å². The zero-order chi connectivity index (χ0) is 19.1. The fourth-order valence-corrected chi connectivity index (χ4v) is 3.60. The Labute approximate surface area is 150 Å². The molecule has 3 N–H and O–H groups in total. The second kappa shape index (κ2) is 6.54. The van der Waals surface area contributed by atoms with Gasteiger partial charge in [-0.15, -0.1) is 0 Å². The normalized spacial score (nSPS) is 13.3. The first-order valence-corrected chi connectivity index (χ1v) is 9.51. The topological polar surface area (TPSA) is 121 Å². The number of phenolic OH excluding ortho intramolecular Hbond substituents is 1. The van der Waals surface area contributed by atoms with E-state index in [0.717, 1.165) is 18.9 Å². The molecule has 0 heterocycles. The van der Waals surface area contributed by atoms with Crippen molar-refractivity contribution in [2.45, 2.75) is 24.7 Å². The van der Waals surface area contributed by atoms with Crippen molar-refractivity contribution in [3.05, 3.63) is 52.6 Å². The fraction of sp³-hybridized carbons (Fsp3) is 0.222. The van der Waals surface area contributed by atoms with Crippen LogP contribution < -0.4 is 5.32 Å². The lowest BCUT2D eigenvalue weighted by Crippen LogP contribution is -2.24. The molecular weight excluding hydrogens is 358 g/mol. The van der Waals surface area contributed by atoms with E-state index in [4.69, 9.17) is 0 Å². The van der Waals surface area contributed by atoms with Crippen molar-refractivity contribution in [3.63, 3.8) is 0 Å². The van der Waals surface area contributed by atoms with Crippen LogP contribution in [-0.2, 0) is 10.1 Å². The van der Waals surface area contributed by atoms with Crippen molar-refractivity contribution >= 4 is 27.4 Å². The molecule has 1 aliphatic rings. The van der Waals surface area contributed by atoms with Gasteiger partial charge in [0.05, 0.1) is 11.1 Å². The first-order valence-electron chi connectivity index (χ1n) is 8.07. The number of phenols is 1. The molecule has 26 heavy (non-hydrogen) atoms. The Balaban J connectivity index is 2.31. The SMILES string of the molecule is CCCCNc1cc(S(=O)(=O)O)c(O)c2c1C(=O)c1ccccc1C2=O. The van der Waals surface area contributed by atoms with E-state index in [1.807, 2.05) is 6.92 Å². The average Bonchev–Trinajstić information content (AvgIpc) is 2.59. The summed E-state index contributed by atoms with van der Waals surface area (Å²) in [6.45, 7) is 2.39. The minimum Gasteiger partial charge on any atom is -0.506 e. The summed E-state index contributed by atoms with van der Waals surface area (Å²) in [5.74, 6) is -2.08. The van der Waals surface area contributed by atoms with Gasteiger partial charge in [0, 0.05) is 23.4 Å². The molecule has 8 heteroatoms. The highest BCUT2D eigenvalue weighted by Gasteiger charge is 2.37. The summed E-state index contributed by atoms with van der Waals surface area (Å²) in [4.78, 5) is 24.9. The molecule has 0 bridgehead atoms. The largest absolute Gasteiger partial charge is 0.506 e. The quantitative estimate of drug-likeness (QED) is 0.356. The number of carbonyl (C=O) groups is 2. The zero-order valence-electron chi connectivity index (χ0n) is 13.9. The maximum absolute atomic E-state index is 12.9. The van der Waals surface area contributed by atoms with Crippen molar-refractivity contribution in [2.75, 3.05) is 11.9 Å². The van der Waals surface area contributed by atoms with E-state index in [9.17, 15) is 27.7 Å². The highest BCUT2D eigenvalue weighted by atomic mass is 32.2. The molecule has 3 rings (SSSR count). The first-order chi connectivity index (χ1) is 12.3. The van der Waals surface area contributed by atoms with Crippen LogP contribution in [-0.4, -0.2) is 36.2 Å². The third-order valence-electron chi connectivity index (χ3n) is 4.26. The lowest BCUT2D eigenvalue weighted by atomic mass is 9.82. The molecule has 0 aromatic heterocycles. The highest BCUT2D eigenvalue weighted by molar-refractivity contribution is 7.86. The second-order valence-corrected chi connectivity index (χ2v) is 7.37. The molecule has 1 aliphatic carbocycles. The number of unbranched alkanes of at least 4 members (excludes halogenated alkanes) is 1. The molecule has 0 saturated heterocycles. The van der Waals surface area contributed by atoms with E-state index >= 15 is 0 Å². The van der Waals surface area contributed by atoms with Crippen molar-refractivity contribution < 1.29 is 27.7 Å². The monoisotopic (exact) mass is 375 g/mol. The number of hydrogen-bond acceptors (Lipinski definition) is 6. The van der Waals surface area contributed by atoms with Crippen LogP contribution in [0.5, 0.6) is 5.75 Å². The van der Waals surface area contributed by atoms with Crippen LogP contribution in [0.3, 0.4) is 0 Å². The van der Waals surface area contributed by atoms with Gasteiger partial charge in [-0.1, -0.05) is 37.6 Å². The van der Waals surface area contributed by atoms with Crippen LogP contribution in [0.2, 0.25) is 0 Å². The molecule has 2 aromatic carbocycles. The van der Waals surface area contributed by atoms with Gasteiger partial charge in [0.15, 0.2) is 11.6 Å². The smallest absolute Gasteiger partial charge is 0.298 e. The van der Waals surface area contributed by atoms with E-state index in [0.29, 0.717) is 6.54 Å². The van der Waals surface area contributed by atoms with Gasteiger partial charge in [-0.25, -0.2) is 0 Å². The van der Waals surface area contributed by atoms with E-state index in [2.05, 4.69) is 5.32 Å². The molecule has 0 spiro atoms. The van der Waals surface area contributed by atoms with Gasteiger partial charge in [0.25, 0.3) is 10.1 Å². The Morgan fingerprint density at radius 2 is 1.62 bits per heavy atom. The van der Waals surface area contributed by atoms with Crippen molar-refractivity contribution in [2.24, 2.45) is 0 Å². The summed E-state index contributed by atoms with van der Waals surface area (Å²) >= 11 is 0. The molecule has 2 aromatic rings. The third-order valence-corrected chi connectivity index (χ3v) is 5.13. The average molecular weight is 375 g/mol. The molecule has 0 radical (unpaired) electrons. The number of benzene rings is 2. The lowest BCUT2D eigenvalue weighted by molar-refractivity contribution is 0.0976. The maximum Gasteiger partial charge on any atom is 0.298 e. The van der Waals surface area contributed by atoms with Crippen LogP contribution in [0.1, 0.15) is 51.6 Å². The van der Waals surface area contributed by atoms with E-state index in [-0.39, 0.29) is 22.4 Å². The second-order valence-electron chi connectivity index (χ2n) is 5.98. The number of anilines is 1. The van der Waals surface area contributed by atoms with E-state index in [1.165, 1.54) is 12.1 Å². The number of fused-ring (bicyclic) bond motifs is 2. The summed E-state index contributed by atoms with van der Waals surface area (Å²) < 4.78 is 32.7. The molecule has 7 nitrogen and oxygen atoms in total. The third kappa shape index (κ3) is 2.87. The van der Waals surface area contributed by atoms with Crippen molar-refractivity contribution in [1.82, 2.24) is 0 Å². The summed E-state index contributed by atoms with van der Waals surface area (Å²) in [5.41, 5.74) is -0.154. The Morgan fingerprint density at radius 1 is 1.04 bits per heavy atom. The van der Waals surface area contributed by atoms with Crippen LogP contribution >= 0.6 is 0 Å². The summed E-state index contributed by atoms with van der Waals surface area (Å²) in [6.07, 6.45) is 1.60. The Bertz CT molecular complexity index is 1030. The molecule has 0 amide bonds. The lowest BCUT2D eigenvalue weighted by Gasteiger charge is -2.23. The molecule has 136 valence electrons. The minimum atomic E-state index is -4.79. The predicted octanol–water partition coefficient (Wildman–Crippen LogP) is 2.63.